The van der Waals surface area contributed by atoms with Gasteiger partial charge < -0.3 is 14.6 Å². The van der Waals surface area contributed by atoms with E-state index in [0.717, 1.165) is 18.4 Å². The number of carbonyl (C=O) groups excluding carboxylic acids is 1. The van der Waals surface area contributed by atoms with Crippen LogP contribution in [-0.2, 0) is 9.53 Å². The molecule has 1 aromatic rings. The van der Waals surface area contributed by atoms with Gasteiger partial charge in [-0.2, -0.15) is 0 Å². The Morgan fingerprint density at radius 2 is 2.18 bits per heavy atom. The van der Waals surface area contributed by atoms with Crippen LogP contribution in [0, 0.1) is 6.92 Å². The fraction of sp³-hybridized carbons (Fsp3) is 0.462. The van der Waals surface area contributed by atoms with E-state index in [2.05, 4.69) is 4.74 Å². The Balaban J connectivity index is 2.27. The van der Waals surface area contributed by atoms with E-state index in [1.165, 1.54) is 7.11 Å². The van der Waals surface area contributed by atoms with E-state index in [9.17, 15) is 9.90 Å². The van der Waals surface area contributed by atoms with Crippen molar-refractivity contribution in [1.82, 2.24) is 0 Å². The summed E-state index contributed by atoms with van der Waals surface area (Å²) in [5.41, 5.74) is 1.44. The number of aryl methyl sites for hydroxylation is 1. The highest BCUT2D eigenvalue weighted by Gasteiger charge is 2.28. The number of aliphatic hydroxyl groups is 1. The Morgan fingerprint density at radius 3 is 2.76 bits per heavy atom. The highest BCUT2D eigenvalue weighted by atomic mass is 16.5. The van der Waals surface area contributed by atoms with Crippen molar-refractivity contribution in [3.63, 3.8) is 0 Å². The second-order valence-corrected chi connectivity index (χ2v) is 4.28. The van der Waals surface area contributed by atoms with Crippen molar-refractivity contribution in [2.45, 2.75) is 32.0 Å². The van der Waals surface area contributed by atoms with Crippen LogP contribution in [0.4, 0.5) is 0 Å². The number of aliphatic hydroxyl groups excluding tert-OH is 1. The Hall–Kier alpha value is -1.55. The monoisotopic (exact) mass is 236 g/mol. The summed E-state index contributed by atoms with van der Waals surface area (Å²) in [4.78, 5) is 11.3. The van der Waals surface area contributed by atoms with E-state index in [0.29, 0.717) is 11.3 Å². The van der Waals surface area contributed by atoms with Crippen molar-refractivity contribution in [2.75, 3.05) is 7.11 Å². The molecule has 1 aliphatic rings. The molecular weight excluding hydrogens is 220 g/mol. The van der Waals surface area contributed by atoms with Gasteiger partial charge >= 0.3 is 5.97 Å². The van der Waals surface area contributed by atoms with Crippen molar-refractivity contribution >= 4 is 5.97 Å². The number of esters is 1. The fourth-order valence-corrected chi connectivity index (χ4v) is 1.59. The maximum atomic E-state index is 11.3. The average molecular weight is 236 g/mol. The molecule has 1 fully saturated rings. The number of hydrogen-bond acceptors (Lipinski definition) is 4. The van der Waals surface area contributed by atoms with Gasteiger partial charge in [-0.25, -0.2) is 4.79 Å². The zero-order chi connectivity index (χ0) is 12.4. The van der Waals surface area contributed by atoms with E-state index in [1.54, 1.807) is 12.1 Å². The largest absolute Gasteiger partial charge is 0.490 e. The summed E-state index contributed by atoms with van der Waals surface area (Å²) >= 11 is 0. The standard InChI is InChI=1S/C13H16O4/c1-8-3-6-11(17-9-4-5-9)10(7-8)12(14)13(15)16-2/h3,6-7,9,12,14H,4-5H2,1-2H3. The van der Waals surface area contributed by atoms with Crippen molar-refractivity contribution in [1.29, 1.82) is 0 Å². The van der Waals surface area contributed by atoms with Gasteiger partial charge in [-0.3, -0.25) is 0 Å². The lowest BCUT2D eigenvalue weighted by molar-refractivity contribution is -0.150. The summed E-state index contributed by atoms with van der Waals surface area (Å²) in [6.45, 7) is 1.90. The Bertz CT molecular complexity index is 423. The van der Waals surface area contributed by atoms with Crippen LogP contribution in [0.5, 0.6) is 5.75 Å². The van der Waals surface area contributed by atoms with Crippen LogP contribution < -0.4 is 4.74 Å². The van der Waals surface area contributed by atoms with Crippen molar-refractivity contribution < 1.29 is 19.4 Å². The average Bonchev–Trinajstić information content (AvgIpc) is 3.13. The smallest absolute Gasteiger partial charge is 0.339 e. The van der Waals surface area contributed by atoms with Gasteiger partial charge in [0.15, 0.2) is 6.10 Å². The number of methoxy groups -OCH3 is 1. The molecule has 0 amide bonds. The highest BCUT2D eigenvalue weighted by molar-refractivity contribution is 5.77. The minimum Gasteiger partial charge on any atom is -0.490 e. The van der Waals surface area contributed by atoms with Gasteiger partial charge in [-0.05, 0) is 31.9 Å². The molecule has 1 aromatic carbocycles. The predicted molar refractivity (Wildman–Crippen MR) is 61.8 cm³/mol. The third kappa shape index (κ3) is 2.77. The van der Waals surface area contributed by atoms with Crippen LogP contribution in [0.1, 0.15) is 30.1 Å². The molecule has 0 spiro atoms. The van der Waals surface area contributed by atoms with E-state index in [4.69, 9.17) is 4.74 Å². The highest BCUT2D eigenvalue weighted by Crippen LogP contribution is 2.33. The number of ether oxygens (including phenoxy) is 2. The predicted octanol–water partition coefficient (Wildman–Crippen LogP) is 1.74. The molecule has 1 atom stereocenters. The molecule has 0 aliphatic heterocycles. The molecule has 17 heavy (non-hydrogen) atoms. The molecule has 2 rings (SSSR count). The van der Waals surface area contributed by atoms with Crippen LogP contribution in [0.15, 0.2) is 18.2 Å². The first-order valence-corrected chi connectivity index (χ1v) is 5.65. The summed E-state index contributed by atoms with van der Waals surface area (Å²) in [7, 11) is 1.25. The van der Waals surface area contributed by atoms with E-state index < -0.39 is 12.1 Å². The molecule has 0 saturated heterocycles. The van der Waals surface area contributed by atoms with Gasteiger partial charge in [0.2, 0.25) is 0 Å². The number of rotatable bonds is 4. The number of carbonyl (C=O) groups is 1. The van der Waals surface area contributed by atoms with Crippen molar-refractivity contribution in [3.05, 3.63) is 29.3 Å². The first-order valence-electron chi connectivity index (χ1n) is 5.65. The summed E-state index contributed by atoms with van der Waals surface area (Å²) in [6.07, 6.45) is 0.999. The van der Waals surface area contributed by atoms with Crippen LogP contribution in [-0.4, -0.2) is 24.3 Å². The summed E-state index contributed by atoms with van der Waals surface area (Å²) in [5, 5.41) is 9.87. The first kappa shape index (κ1) is 11.9. The molecule has 1 saturated carbocycles. The zero-order valence-electron chi connectivity index (χ0n) is 9.97. The Kier molecular flexibility index (Phi) is 3.33. The van der Waals surface area contributed by atoms with Gasteiger partial charge in [0.25, 0.3) is 0 Å². The minimum absolute atomic E-state index is 0.223. The van der Waals surface area contributed by atoms with Gasteiger partial charge in [-0.15, -0.1) is 0 Å². The molecule has 0 aromatic heterocycles. The van der Waals surface area contributed by atoms with E-state index in [1.807, 2.05) is 13.0 Å². The third-order valence-electron chi connectivity index (χ3n) is 2.70. The Morgan fingerprint density at radius 1 is 1.47 bits per heavy atom. The Labute approximate surface area is 100 Å². The lowest BCUT2D eigenvalue weighted by Crippen LogP contribution is -2.15. The topological polar surface area (TPSA) is 55.8 Å². The molecule has 1 N–H and O–H groups in total. The van der Waals surface area contributed by atoms with Gasteiger partial charge in [0.1, 0.15) is 5.75 Å². The number of benzene rings is 1. The first-order chi connectivity index (χ1) is 8.11. The summed E-state index contributed by atoms with van der Waals surface area (Å²) in [5.74, 6) is -0.104. The summed E-state index contributed by atoms with van der Waals surface area (Å²) in [6, 6.07) is 5.43. The van der Waals surface area contributed by atoms with Gasteiger partial charge in [0.05, 0.1) is 13.2 Å². The molecule has 0 bridgehead atoms. The second kappa shape index (κ2) is 4.75. The van der Waals surface area contributed by atoms with Crippen LogP contribution in [0.3, 0.4) is 0 Å². The molecule has 1 aliphatic carbocycles. The molecule has 4 nitrogen and oxygen atoms in total. The van der Waals surface area contributed by atoms with Crippen LogP contribution in [0.2, 0.25) is 0 Å². The van der Waals surface area contributed by atoms with Gasteiger partial charge in [-0.1, -0.05) is 11.6 Å². The molecule has 0 radical (unpaired) electrons. The third-order valence-corrected chi connectivity index (χ3v) is 2.70. The molecule has 1 unspecified atom stereocenters. The minimum atomic E-state index is -1.28. The van der Waals surface area contributed by atoms with Crippen LogP contribution in [0.25, 0.3) is 0 Å². The van der Waals surface area contributed by atoms with Crippen molar-refractivity contribution in [3.8, 4) is 5.75 Å². The lowest BCUT2D eigenvalue weighted by Gasteiger charge is -2.15. The molecular formula is C13H16O4. The maximum Gasteiger partial charge on any atom is 0.339 e. The lowest BCUT2D eigenvalue weighted by atomic mass is 10.1. The van der Waals surface area contributed by atoms with E-state index in [-0.39, 0.29) is 6.10 Å². The van der Waals surface area contributed by atoms with E-state index >= 15 is 0 Å². The maximum absolute atomic E-state index is 11.3. The second-order valence-electron chi connectivity index (χ2n) is 4.28. The zero-order valence-corrected chi connectivity index (χ0v) is 9.97. The molecule has 92 valence electrons. The number of hydrogen-bond donors (Lipinski definition) is 1. The normalized spacial score (nSPS) is 16.4. The van der Waals surface area contributed by atoms with Crippen LogP contribution >= 0.6 is 0 Å². The fourth-order valence-electron chi connectivity index (χ4n) is 1.59. The SMILES string of the molecule is COC(=O)C(O)c1cc(C)ccc1OC1CC1. The molecule has 4 heteroatoms. The van der Waals surface area contributed by atoms with Crippen molar-refractivity contribution in [2.24, 2.45) is 0 Å². The molecule has 0 heterocycles. The summed E-state index contributed by atoms with van der Waals surface area (Å²) < 4.78 is 10.2. The van der Waals surface area contributed by atoms with Gasteiger partial charge in [0, 0.05) is 5.56 Å². The quantitative estimate of drug-likeness (QED) is 0.809.